The van der Waals surface area contributed by atoms with Crippen LogP contribution in [-0.2, 0) is 13.0 Å². The molecule has 1 saturated carbocycles. The second-order valence-electron chi connectivity index (χ2n) is 8.31. The average molecular weight is 403 g/mol. The maximum atomic E-state index is 13.6. The van der Waals surface area contributed by atoms with E-state index in [0.717, 1.165) is 62.3 Å². The molecule has 2 aliphatic rings. The minimum absolute atomic E-state index is 0. The van der Waals surface area contributed by atoms with Crippen LogP contribution < -0.4 is 0 Å². The van der Waals surface area contributed by atoms with Gasteiger partial charge < -0.3 is 9.88 Å². The van der Waals surface area contributed by atoms with Crippen LogP contribution in [-0.4, -0.2) is 39.3 Å². The number of fused-ring (bicyclic) bond motifs is 1. The molecule has 28 heavy (non-hydrogen) atoms. The Morgan fingerprint density at radius 1 is 1.14 bits per heavy atom. The van der Waals surface area contributed by atoms with Crippen LogP contribution in [0.5, 0.6) is 0 Å². The lowest BCUT2D eigenvalue weighted by atomic mass is 9.89. The SMILES string of the molecule is Cl.Fc1ccc2[nH]cc(C3CCN(CCc4cnn(CC5CC5)c4)CC3)c2c1. The van der Waals surface area contributed by atoms with Crippen molar-refractivity contribution in [3.8, 4) is 0 Å². The number of benzene rings is 1. The van der Waals surface area contributed by atoms with Gasteiger partial charge in [-0.3, -0.25) is 4.68 Å². The number of nitrogens with one attached hydrogen (secondary N) is 1. The average Bonchev–Trinajstić information content (AvgIpc) is 3.22. The molecule has 1 aliphatic heterocycles. The van der Waals surface area contributed by atoms with Crippen molar-refractivity contribution in [3.63, 3.8) is 0 Å². The van der Waals surface area contributed by atoms with E-state index in [1.165, 1.54) is 30.0 Å². The topological polar surface area (TPSA) is 36.9 Å². The van der Waals surface area contributed by atoms with Gasteiger partial charge in [-0.1, -0.05) is 0 Å². The van der Waals surface area contributed by atoms with Crippen LogP contribution in [0.1, 0.15) is 42.7 Å². The highest BCUT2D eigenvalue weighted by atomic mass is 35.5. The Balaban J connectivity index is 0.00000192. The molecule has 1 N–H and O–H groups in total. The molecule has 1 aliphatic carbocycles. The highest BCUT2D eigenvalue weighted by Crippen LogP contribution is 2.33. The number of H-pyrrole nitrogens is 1. The molecule has 5 rings (SSSR count). The molecule has 0 amide bonds. The predicted molar refractivity (Wildman–Crippen MR) is 113 cm³/mol. The number of rotatable bonds is 6. The molecule has 1 aromatic carbocycles. The lowest BCUT2D eigenvalue weighted by molar-refractivity contribution is 0.215. The molecule has 4 nitrogen and oxygen atoms in total. The van der Waals surface area contributed by atoms with Crippen molar-refractivity contribution in [2.75, 3.05) is 19.6 Å². The van der Waals surface area contributed by atoms with E-state index in [0.29, 0.717) is 5.92 Å². The largest absolute Gasteiger partial charge is 0.361 e. The van der Waals surface area contributed by atoms with Gasteiger partial charge in [0.1, 0.15) is 5.82 Å². The first-order chi connectivity index (χ1) is 13.2. The van der Waals surface area contributed by atoms with E-state index in [2.05, 4.69) is 32.1 Å². The Morgan fingerprint density at radius 3 is 2.75 bits per heavy atom. The Bertz CT molecular complexity index is 922. The summed E-state index contributed by atoms with van der Waals surface area (Å²) in [6.45, 7) is 4.42. The third-order valence-electron chi connectivity index (χ3n) is 6.25. The number of piperidine rings is 1. The van der Waals surface area contributed by atoms with E-state index in [1.54, 1.807) is 6.07 Å². The van der Waals surface area contributed by atoms with Gasteiger partial charge in [-0.25, -0.2) is 4.39 Å². The van der Waals surface area contributed by atoms with E-state index in [9.17, 15) is 4.39 Å². The third kappa shape index (κ3) is 4.26. The molecule has 6 heteroatoms. The molecule has 1 saturated heterocycles. The number of hydrogen-bond acceptors (Lipinski definition) is 2. The van der Waals surface area contributed by atoms with E-state index < -0.39 is 0 Å². The molecule has 0 spiro atoms. The van der Waals surface area contributed by atoms with E-state index in [-0.39, 0.29) is 18.2 Å². The Kier molecular flexibility index (Phi) is 5.74. The fourth-order valence-electron chi connectivity index (χ4n) is 4.41. The van der Waals surface area contributed by atoms with Crippen molar-refractivity contribution in [1.82, 2.24) is 19.7 Å². The number of nitrogens with zero attached hydrogens (tertiary/aromatic N) is 3. The van der Waals surface area contributed by atoms with Gasteiger partial charge in [0.25, 0.3) is 0 Å². The number of aromatic amines is 1. The molecule has 3 aromatic rings. The highest BCUT2D eigenvalue weighted by Gasteiger charge is 2.24. The van der Waals surface area contributed by atoms with Crippen LogP contribution in [0, 0.1) is 11.7 Å². The molecule has 0 atom stereocenters. The summed E-state index contributed by atoms with van der Waals surface area (Å²) in [5, 5.41) is 5.56. The first kappa shape index (κ1) is 19.5. The number of likely N-dealkylation sites (tertiary alicyclic amines) is 1. The zero-order valence-corrected chi connectivity index (χ0v) is 16.9. The van der Waals surface area contributed by atoms with Crippen LogP contribution in [0.15, 0.2) is 36.8 Å². The van der Waals surface area contributed by atoms with Gasteiger partial charge in [0.05, 0.1) is 6.20 Å². The van der Waals surface area contributed by atoms with Crippen LogP contribution in [0.4, 0.5) is 4.39 Å². The van der Waals surface area contributed by atoms with E-state index in [4.69, 9.17) is 0 Å². The zero-order chi connectivity index (χ0) is 18.2. The monoisotopic (exact) mass is 402 g/mol. The second kappa shape index (κ2) is 8.26. The van der Waals surface area contributed by atoms with Gasteiger partial charge in [-0.2, -0.15) is 5.10 Å². The van der Waals surface area contributed by atoms with Crippen LogP contribution >= 0.6 is 12.4 Å². The molecule has 0 bridgehead atoms. The van der Waals surface area contributed by atoms with Crippen molar-refractivity contribution >= 4 is 23.3 Å². The number of hydrogen-bond donors (Lipinski definition) is 1. The highest BCUT2D eigenvalue weighted by molar-refractivity contribution is 5.85. The summed E-state index contributed by atoms with van der Waals surface area (Å²) < 4.78 is 15.8. The molecule has 2 aromatic heterocycles. The first-order valence-corrected chi connectivity index (χ1v) is 10.2. The summed E-state index contributed by atoms with van der Waals surface area (Å²) in [6, 6.07) is 5.04. The summed E-state index contributed by atoms with van der Waals surface area (Å²) in [5.74, 6) is 1.25. The normalized spacial score (nSPS) is 18.5. The Labute approximate surface area is 171 Å². The van der Waals surface area contributed by atoms with Crippen molar-refractivity contribution in [2.24, 2.45) is 5.92 Å². The van der Waals surface area contributed by atoms with E-state index in [1.807, 2.05) is 12.3 Å². The summed E-state index contributed by atoms with van der Waals surface area (Å²) in [4.78, 5) is 5.86. The molecule has 3 heterocycles. The van der Waals surface area contributed by atoms with Crippen molar-refractivity contribution in [2.45, 2.75) is 44.6 Å². The van der Waals surface area contributed by atoms with Crippen LogP contribution in [0.25, 0.3) is 10.9 Å². The second-order valence-corrected chi connectivity index (χ2v) is 8.31. The number of aromatic nitrogens is 3. The van der Waals surface area contributed by atoms with Crippen LogP contribution in [0.2, 0.25) is 0 Å². The third-order valence-corrected chi connectivity index (χ3v) is 6.25. The van der Waals surface area contributed by atoms with Crippen LogP contribution in [0.3, 0.4) is 0 Å². The van der Waals surface area contributed by atoms with Gasteiger partial charge in [0.2, 0.25) is 0 Å². The molecular weight excluding hydrogens is 375 g/mol. The molecule has 2 fully saturated rings. The Morgan fingerprint density at radius 2 is 1.96 bits per heavy atom. The van der Waals surface area contributed by atoms with Gasteiger partial charge >= 0.3 is 0 Å². The minimum atomic E-state index is -0.150. The fraction of sp³-hybridized carbons (Fsp3) is 0.500. The Hall–Kier alpha value is -1.85. The van der Waals surface area contributed by atoms with Crippen molar-refractivity contribution < 1.29 is 4.39 Å². The molecule has 0 unspecified atom stereocenters. The predicted octanol–water partition coefficient (Wildman–Crippen LogP) is 4.76. The lowest BCUT2D eigenvalue weighted by Gasteiger charge is -2.31. The van der Waals surface area contributed by atoms with Gasteiger partial charge in [0, 0.05) is 36.4 Å². The number of halogens is 2. The maximum Gasteiger partial charge on any atom is 0.123 e. The van der Waals surface area contributed by atoms with Gasteiger partial charge in [0.15, 0.2) is 0 Å². The van der Waals surface area contributed by atoms with Crippen molar-refractivity contribution in [3.05, 3.63) is 53.7 Å². The molecular formula is C22H28ClFN4. The van der Waals surface area contributed by atoms with Gasteiger partial charge in [-0.15, -0.1) is 12.4 Å². The maximum absolute atomic E-state index is 13.6. The molecule has 0 radical (unpaired) electrons. The summed E-state index contributed by atoms with van der Waals surface area (Å²) in [5.41, 5.74) is 3.67. The summed E-state index contributed by atoms with van der Waals surface area (Å²) in [6.07, 6.45) is 12.4. The minimum Gasteiger partial charge on any atom is -0.361 e. The fourth-order valence-corrected chi connectivity index (χ4v) is 4.41. The first-order valence-electron chi connectivity index (χ1n) is 10.2. The summed E-state index contributed by atoms with van der Waals surface area (Å²) >= 11 is 0. The molecule has 150 valence electrons. The lowest BCUT2D eigenvalue weighted by Crippen LogP contribution is -2.34. The smallest absolute Gasteiger partial charge is 0.123 e. The van der Waals surface area contributed by atoms with Gasteiger partial charge in [-0.05, 0) is 86.4 Å². The quantitative estimate of drug-likeness (QED) is 0.645. The zero-order valence-electron chi connectivity index (χ0n) is 16.1. The van der Waals surface area contributed by atoms with Crippen molar-refractivity contribution in [1.29, 1.82) is 0 Å². The van der Waals surface area contributed by atoms with E-state index >= 15 is 0 Å². The summed E-state index contributed by atoms with van der Waals surface area (Å²) in [7, 11) is 0. The standard InChI is InChI=1S/C22H27FN4.ClH/c23-19-3-4-22-20(11-19)21(13-24-22)18-6-9-26(10-7-18)8-5-17-12-25-27(15-17)14-16-1-2-16;/h3-4,11-13,15-16,18,24H,1-2,5-10,14H2;1H.